The van der Waals surface area contributed by atoms with Crippen LogP contribution >= 0.6 is 0 Å². The van der Waals surface area contributed by atoms with Crippen molar-refractivity contribution in [1.29, 1.82) is 5.26 Å². The molecule has 1 aliphatic carbocycles. The number of rotatable bonds is 1. The highest BCUT2D eigenvalue weighted by Crippen LogP contribution is 2.37. The Morgan fingerprint density at radius 1 is 1.25 bits per heavy atom. The lowest BCUT2D eigenvalue weighted by atomic mass is 9.82. The van der Waals surface area contributed by atoms with Gasteiger partial charge in [-0.1, -0.05) is 0 Å². The van der Waals surface area contributed by atoms with E-state index >= 15 is 0 Å². The Labute approximate surface area is 143 Å². The van der Waals surface area contributed by atoms with Crippen molar-refractivity contribution in [2.75, 3.05) is 24.6 Å². The van der Waals surface area contributed by atoms with Crippen molar-refractivity contribution in [2.45, 2.75) is 63.1 Å². The fourth-order valence-corrected chi connectivity index (χ4v) is 4.43. The molecule has 2 fully saturated rings. The van der Waals surface area contributed by atoms with Crippen molar-refractivity contribution < 1.29 is 9.84 Å². The zero-order valence-corrected chi connectivity index (χ0v) is 14.1. The quantitative estimate of drug-likeness (QED) is 0.857. The van der Waals surface area contributed by atoms with Crippen molar-refractivity contribution in [3.8, 4) is 6.07 Å². The van der Waals surface area contributed by atoms with Gasteiger partial charge in [-0.25, -0.2) is 4.98 Å². The van der Waals surface area contributed by atoms with Gasteiger partial charge in [-0.05, 0) is 63.0 Å². The largest absolute Gasteiger partial charge is 0.390 e. The standard InChI is InChI=1S/C19H25N3O2/c20-13-15-12-14-4-1-2-5-16(14)21-18(15)22-9-7-19(8-10-22)17(23)6-3-11-24-19/h12,17,23H,1-11H2/t17-/m0/s1. The van der Waals surface area contributed by atoms with Gasteiger partial charge in [-0.2, -0.15) is 5.26 Å². The molecule has 3 heterocycles. The van der Waals surface area contributed by atoms with Crippen LogP contribution in [0.4, 0.5) is 5.82 Å². The van der Waals surface area contributed by atoms with E-state index in [9.17, 15) is 10.4 Å². The van der Waals surface area contributed by atoms with Gasteiger partial charge in [0.05, 0.1) is 17.3 Å². The van der Waals surface area contributed by atoms with Gasteiger partial charge >= 0.3 is 0 Å². The van der Waals surface area contributed by atoms with E-state index in [4.69, 9.17) is 9.72 Å². The van der Waals surface area contributed by atoms with Crippen LogP contribution in [0.3, 0.4) is 0 Å². The highest BCUT2D eigenvalue weighted by molar-refractivity contribution is 5.57. The summed E-state index contributed by atoms with van der Waals surface area (Å²) in [5.41, 5.74) is 2.73. The summed E-state index contributed by atoms with van der Waals surface area (Å²) in [6.07, 6.45) is 7.47. The molecule has 128 valence electrons. The highest BCUT2D eigenvalue weighted by atomic mass is 16.5. The Balaban J connectivity index is 1.56. The first kappa shape index (κ1) is 15.9. The van der Waals surface area contributed by atoms with Crippen LogP contribution in [0.1, 0.15) is 55.3 Å². The second kappa shape index (κ2) is 6.34. The summed E-state index contributed by atoms with van der Waals surface area (Å²) in [5.74, 6) is 0.832. The molecule has 1 atom stereocenters. The van der Waals surface area contributed by atoms with E-state index in [0.29, 0.717) is 5.56 Å². The molecule has 1 N–H and O–H groups in total. The van der Waals surface area contributed by atoms with E-state index in [0.717, 1.165) is 64.0 Å². The lowest BCUT2D eigenvalue weighted by Gasteiger charge is -2.47. The first-order valence-electron chi connectivity index (χ1n) is 9.22. The molecule has 0 amide bonds. The Kier molecular flexibility index (Phi) is 4.19. The molecule has 1 aromatic heterocycles. The maximum absolute atomic E-state index is 10.4. The summed E-state index contributed by atoms with van der Waals surface area (Å²) in [5, 5.41) is 19.9. The molecule has 4 rings (SSSR count). The van der Waals surface area contributed by atoms with Crippen LogP contribution in [0.15, 0.2) is 6.07 Å². The third kappa shape index (κ3) is 2.68. The molecule has 0 radical (unpaired) electrons. The summed E-state index contributed by atoms with van der Waals surface area (Å²) < 4.78 is 5.99. The number of ether oxygens (including phenoxy) is 1. The fraction of sp³-hybridized carbons (Fsp3) is 0.684. The van der Waals surface area contributed by atoms with Crippen molar-refractivity contribution in [3.63, 3.8) is 0 Å². The van der Waals surface area contributed by atoms with Crippen molar-refractivity contribution in [2.24, 2.45) is 0 Å². The molecule has 0 bridgehead atoms. The monoisotopic (exact) mass is 327 g/mol. The van der Waals surface area contributed by atoms with Crippen LogP contribution in [0.25, 0.3) is 0 Å². The minimum Gasteiger partial charge on any atom is -0.390 e. The molecule has 2 saturated heterocycles. The first-order chi connectivity index (χ1) is 11.7. The topological polar surface area (TPSA) is 69.4 Å². The Hall–Kier alpha value is -1.64. The van der Waals surface area contributed by atoms with E-state index in [2.05, 4.69) is 11.0 Å². The Morgan fingerprint density at radius 3 is 2.79 bits per heavy atom. The lowest BCUT2D eigenvalue weighted by Crippen LogP contribution is -2.55. The normalized spacial score (nSPS) is 26.0. The van der Waals surface area contributed by atoms with Gasteiger partial charge in [0, 0.05) is 25.4 Å². The molecular formula is C19H25N3O2. The summed E-state index contributed by atoms with van der Waals surface area (Å²) in [7, 11) is 0. The smallest absolute Gasteiger partial charge is 0.146 e. The van der Waals surface area contributed by atoms with Crippen LogP contribution in [0, 0.1) is 11.3 Å². The molecule has 3 aliphatic rings. The number of pyridine rings is 1. The van der Waals surface area contributed by atoms with Crippen molar-refractivity contribution in [3.05, 3.63) is 22.9 Å². The van der Waals surface area contributed by atoms with Crippen LogP contribution in [0.2, 0.25) is 0 Å². The molecule has 1 aromatic rings. The predicted molar refractivity (Wildman–Crippen MR) is 91.0 cm³/mol. The summed E-state index contributed by atoms with van der Waals surface area (Å²) in [6, 6.07) is 4.39. The number of piperidine rings is 1. The number of nitrogens with zero attached hydrogens (tertiary/aromatic N) is 3. The Morgan fingerprint density at radius 2 is 2.04 bits per heavy atom. The zero-order chi connectivity index (χ0) is 16.6. The van der Waals surface area contributed by atoms with Gasteiger partial charge in [0.25, 0.3) is 0 Å². The average Bonchev–Trinajstić information content (AvgIpc) is 2.64. The second-order valence-electron chi connectivity index (χ2n) is 7.34. The lowest BCUT2D eigenvalue weighted by molar-refractivity contribution is -0.164. The molecule has 24 heavy (non-hydrogen) atoms. The van der Waals surface area contributed by atoms with Gasteiger partial charge in [-0.3, -0.25) is 0 Å². The van der Waals surface area contributed by atoms with Gasteiger partial charge in [0.2, 0.25) is 0 Å². The second-order valence-corrected chi connectivity index (χ2v) is 7.34. The number of aromatic nitrogens is 1. The third-order valence-corrected chi connectivity index (χ3v) is 5.93. The number of aliphatic hydroxyl groups is 1. The molecule has 1 spiro atoms. The summed E-state index contributed by atoms with van der Waals surface area (Å²) >= 11 is 0. The Bertz CT molecular complexity index is 659. The number of hydrogen-bond acceptors (Lipinski definition) is 5. The molecule has 0 saturated carbocycles. The number of aliphatic hydroxyl groups excluding tert-OH is 1. The number of fused-ring (bicyclic) bond motifs is 1. The average molecular weight is 327 g/mol. The van der Waals surface area contributed by atoms with Crippen LogP contribution in [-0.4, -0.2) is 41.5 Å². The van der Waals surface area contributed by atoms with Crippen molar-refractivity contribution >= 4 is 5.82 Å². The third-order valence-electron chi connectivity index (χ3n) is 5.93. The number of hydrogen-bond donors (Lipinski definition) is 1. The molecule has 5 nitrogen and oxygen atoms in total. The minimum absolute atomic E-state index is 0.361. The molecule has 2 aliphatic heterocycles. The number of nitriles is 1. The van der Waals surface area contributed by atoms with Gasteiger partial charge in [-0.15, -0.1) is 0 Å². The molecule has 0 unspecified atom stereocenters. The van der Waals surface area contributed by atoms with Gasteiger partial charge in [0.1, 0.15) is 11.9 Å². The predicted octanol–water partition coefficient (Wildman–Crippen LogP) is 2.34. The SMILES string of the molecule is N#Cc1cc2c(nc1N1CCC3(CC1)OCCC[C@@H]3O)CCCC2. The summed E-state index contributed by atoms with van der Waals surface area (Å²) in [6.45, 7) is 2.33. The van der Waals surface area contributed by atoms with E-state index in [-0.39, 0.29) is 11.7 Å². The molecular weight excluding hydrogens is 302 g/mol. The molecule has 0 aromatic carbocycles. The number of anilines is 1. The van der Waals surface area contributed by atoms with Gasteiger partial charge in [0.15, 0.2) is 0 Å². The van der Waals surface area contributed by atoms with Crippen LogP contribution in [-0.2, 0) is 17.6 Å². The van der Waals surface area contributed by atoms with E-state index < -0.39 is 0 Å². The first-order valence-corrected chi connectivity index (χ1v) is 9.22. The highest BCUT2D eigenvalue weighted by Gasteiger charge is 2.44. The summed E-state index contributed by atoms with van der Waals surface area (Å²) in [4.78, 5) is 7.07. The minimum atomic E-state index is -0.379. The van der Waals surface area contributed by atoms with Crippen LogP contribution < -0.4 is 4.90 Å². The molecule has 5 heteroatoms. The number of aryl methyl sites for hydroxylation is 2. The fourth-order valence-electron chi connectivity index (χ4n) is 4.43. The van der Waals surface area contributed by atoms with Crippen molar-refractivity contribution in [1.82, 2.24) is 4.98 Å². The van der Waals surface area contributed by atoms with Gasteiger partial charge < -0.3 is 14.7 Å². The van der Waals surface area contributed by atoms with E-state index in [1.54, 1.807) is 0 Å². The maximum atomic E-state index is 10.4. The van der Waals surface area contributed by atoms with Crippen LogP contribution in [0.5, 0.6) is 0 Å². The van der Waals surface area contributed by atoms with E-state index in [1.807, 2.05) is 6.07 Å². The van der Waals surface area contributed by atoms with E-state index in [1.165, 1.54) is 24.1 Å². The maximum Gasteiger partial charge on any atom is 0.146 e. The zero-order valence-electron chi connectivity index (χ0n) is 14.1.